The number of morpholine rings is 1. The zero-order chi connectivity index (χ0) is 16.2. The van der Waals surface area contributed by atoms with Crippen molar-refractivity contribution >= 4 is 17.4 Å². The van der Waals surface area contributed by atoms with Crippen molar-refractivity contribution in [3.05, 3.63) is 47.2 Å². The molecule has 0 spiro atoms. The van der Waals surface area contributed by atoms with E-state index in [2.05, 4.69) is 21.6 Å². The number of carbonyl (C=O) groups is 1. The predicted octanol–water partition coefficient (Wildman–Crippen LogP) is 2.31. The van der Waals surface area contributed by atoms with Crippen LogP contribution in [0, 0.1) is 13.8 Å². The first-order chi connectivity index (χ1) is 11.1. The molecule has 1 amide bonds. The fraction of sp³-hybridized carbons (Fsp3) is 0.353. The van der Waals surface area contributed by atoms with Gasteiger partial charge >= 0.3 is 0 Å². The van der Waals surface area contributed by atoms with Crippen LogP contribution in [0.25, 0.3) is 0 Å². The highest BCUT2D eigenvalue weighted by Gasteiger charge is 2.19. The van der Waals surface area contributed by atoms with Gasteiger partial charge in [0.2, 0.25) is 0 Å². The summed E-state index contributed by atoms with van der Waals surface area (Å²) in [4.78, 5) is 14.0. The smallest absolute Gasteiger partial charge is 0.274 e. The van der Waals surface area contributed by atoms with E-state index >= 15 is 0 Å². The number of amides is 1. The van der Waals surface area contributed by atoms with Crippen LogP contribution in [0.2, 0.25) is 0 Å². The summed E-state index contributed by atoms with van der Waals surface area (Å²) in [6, 6.07) is 9.68. The van der Waals surface area contributed by atoms with Gasteiger partial charge in [0, 0.05) is 18.8 Å². The molecule has 6 heteroatoms. The van der Waals surface area contributed by atoms with E-state index in [9.17, 15) is 4.79 Å². The van der Waals surface area contributed by atoms with Crippen molar-refractivity contribution in [2.45, 2.75) is 13.8 Å². The van der Waals surface area contributed by atoms with E-state index < -0.39 is 0 Å². The third-order valence-electron chi connectivity index (χ3n) is 3.68. The summed E-state index contributed by atoms with van der Waals surface area (Å²) in [7, 11) is 0. The maximum atomic E-state index is 12.3. The number of nitrogens with zero attached hydrogens (tertiary/aromatic N) is 3. The van der Waals surface area contributed by atoms with E-state index in [0.717, 1.165) is 5.69 Å². The van der Waals surface area contributed by atoms with E-state index in [-0.39, 0.29) is 5.91 Å². The minimum atomic E-state index is -0.0984. The Hall–Kier alpha value is -2.47. The fourth-order valence-electron chi connectivity index (χ4n) is 2.64. The molecule has 0 aliphatic carbocycles. The Bertz CT molecular complexity index is 674. The Kier molecular flexibility index (Phi) is 4.52. The molecular weight excluding hydrogens is 292 g/mol. The lowest BCUT2D eigenvalue weighted by Gasteiger charge is -2.26. The molecule has 0 atom stereocenters. The van der Waals surface area contributed by atoms with E-state index in [1.807, 2.05) is 26.0 Å². The summed E-state index contributed by atoms with van der Waals surface area (Å²) in [6.45, 7) is 6.45. The van der Waals surface area contributed by atoms with Crippen molar-refractivity contribution in [2.75, 3.05) is 31.6 Å². The van der Waals surface area contributed by atoms with Gasteiger partial charge < -0.3 is 15.0 Å². The summed E-state index contributed by atoms with van der Waals surface area (Å²) >= 11 is 0. The van der Waals surface area contributed by atoms with Crippen LogP contribution in [0.5, 0.6) is 0 Å². The number of aromatic nitrogens is 2. The quantitative estimate of drug-likeness (QED) is 0.942. The van der Waals surface area contributed by atoms with Gasteiger partial charge in [0.1, 0.15) is 0 Å². The average Bonchev–Trinajstić information content (AvgIpc) is 2.55. The molecule has 1 aliphatic heterocycles. The van der Waals surface area contributed by atoms with Gasteiger partial charge in [0.25, 0.3) is 5.91 Å². The van der Waals surface area contributed by atoms with Crippen molar-refractivity contribution in [3.63, 3.8) is 0 Å². The van der Waals surface area contributed by atoms with Crippen LogP contribution in [-0.2, 0) is 4.74 Å². The molecule has 2 aromatic rings. The SMILES string of the molecule is Cc1cc(C)cc(Nc2ccc(C(=O)N3CCOCC3)nn2)c1. The lowest BCUT2D eigenvalue weighted by Crippen LogP contribution is -2.41. The normalized spacial score (nSPS) is 14.6. The van der Waals surface area contributed by atoms with Gasteiger partial charge in [0.05, 0.1) is 13.2 Å². The van der Waals surface area contributed by atoms with Crippen LogP contribution in [0.4, 0.5) is 11.5 Å². The van der Waals surface area contributed by atoms with Crippen molar-refractivity contribution in [1.82, 2.24) is 15.1 Å². The molecule has 1 aliphatic rings. The largest absolute Gasteiger partial charge is 0.378 e. The maximum absolute atomic E-state index is 12.3. The molecule has 0 bridgehead atoms. The van der Waals surface area contributed by atoms with E-state index in [1.165, 1.54) is 11.1 Å². The maximum Gasteiger partial charge on any atom is 0.274 e. The van der Waals surface area contributed by atoms with Gasteiger partial charge in [-0.15, -0.1) is 10.2 Å². The fourth-order valence-corrected chi connectivity index (χ4v) is 2.64. The van der Waals surface area contributed by atoms with E-state index in [4.69, 9.17) is 4.74 Å². The number of benzene rings is 1. The zero-order valence-electron chi connectivity index (χ0n) is 13.4. The minimum Gasteiger partial charge on any atom is -0.378 e. The lowest BCUT2D eigenvalue weighted by atomic mass is 10.1. The molecule has 2 heterocycles. The lowest BCUT2D eigenvalue weighted by molar-refractivity contribution is 0.0298. The van der Waals surface area contributed by atoms with Gasteiger partial charge in [-0.1, -0.05) is 6.07 Å². The van der Waals surface area contributed by atoms with Crippen molar-refractivity contribution < 1.29 is 9.53 Å². The predicted molar refractivity (Wildman–Crippen MR) is 88.0 cm³/mol. The first-order valence-electron chi connectivity index (χ1n) is 7.68. The summed E-state index contributed by atoms with van der Waals surface area (Å²) in [5, 5.41) is 11.4. The molecule has 6 nitrogen and oxygen atoms in total. The number of aryl methyl sites for hydroxylation is 2. The highest BCUT2D eigenvalue weighted by molar-refractivity contribution is 5.92. The highest BCUT2D eigenvalue weighted by atomic mass is 16.5. The van der Waals surface area contributed by atoms with E-state index in [0.29, 0.717) is 37.8 Å². The molecule has 1 aromatic heterocycles. The van der Waals surface area contributed by atoms with Crippen LogP contribution in [0.15, 0.2) is 30.3 Å². The average molecular weight is 312 g/mol. The van der Waals surface area contributed by atoms with Crippen LogP contribution in [0.3, 0.4) is 0 Å². The summed E-state index contributed by atoms with van der Waals surface area (Å²) in [5.41, 5.74) is 3.68. The number of rotatable bonds is 3. The number of hydrogen-bond acceptors (Lipinski definition) is 5. The number of carbonyl (C=O) groups excluding carboxylic acids is 1. The van der Waals surface area contributed by atoms with Crippen LogP contribution < -0.4 is 5.32 Å². The number of hydrogen-bond donors (Lipinski definition) is 1. The molecule has 23 heavy (non-hydrogen) atoms. The number of anilines is 2. The molecule has 1 N–H and O–H groups in total. The third-order valence-corrected chi connectivity index (χ3v) is 3.68. The molecule has 1 fully saturated rings. The summed E-state index contributed by atoms with van der Waals surface area (Å²) < 4.78 is 5.25. The standard InChI is InChI=1S/C17H20N4O2/c1-12-9-13(2)11-14(10-12)18-16-4-3-15(19-20-16)17(22)21-5-7-23-8-6-21/h3-4,9-11H,5-8H2,1-2H3,(H,18,20). The van der Waals surface area contributed by atoms with Gasteiger partial charge in [0.15, 0.2) is 11.5 Å². The van der Waals surface area contributed by atoms with Crippen LogP contribution >= 0.6 is 0 Å². The Labute approximate surface area is 135 Å². The molecule has 0 saturated carbocycles. The first-order valence-corrected chi connectivity index (χ1v) is 7.68. The van der Waals surface area contributed by atoms with Crippen molar-refractivity contribution in [1.29, 1.82) is 0 Å². The second kappa shape index (κ2) is 6.75. The van der Waals surface area contributed by atoms with Crippen LogP contribution in [0.1, 0.15) is 21.6 Å². The third kappa shape index (κ3) is 3.84. The van der Waals surface area contributed by atoms with Gasteiger partial charge in [-0.25, -0.2) is 0 Å². The highest BCUT2D eigenvalue weighted by Crippen LogP contribution is 2.18. The summed E-state index contributed by atoms with van der Waals surface area (Å²) in [5.74, 6) is 0.521. The molecule has 120 valence electrons. The van der Waals surface area contributed by atoms with Crippen LogP contribution in [-0.4, -0.2) is 47.3 Å². The number of ether oxygens (including phenoxy) is 1. The minimum absolute atomic E-state index is 0.0984. The molecule has 3 rings (SSSR count). The van der Waals surface area contributed by atoms with E-state index in [1.54, 1.807) is 17.0 Å². The Morgan fingerprint density at radius 1 is 1.09 bits per heavy atom. The molecule has 1 aromatic carbocycles. The zero-order valence-corrected chi connectivity index (χ0v) is 13.4. The topological polar surface area (TPSA) is 67.4 Å². The molecule has 0 radical (unpaired) electrons. The Morgan fingerprint density at radius 3 is 2.39 bits per heavy atom. The van der Waals surface area contributed by atoms with Gasteiger partial charge in [-0.3, -0.25) is 4.79 Å². The van der Waals surface area contributed by atoms with Crippen molar-refractivity contribution in [2.24, 2.45) is 0 Å². The number of nitrogens with one attached hydrogen (secondary N) is 1. The van der Waals surface area contributed by atoms with Gasteiger partial charge in [-0.05, 0) is 49.2 Å². The monoisotopic (exact) mass is 312 g/mol. The first kappa shape index (κ1) is 15.4. The van der Waals surface area contributed by atoms with Gasteiger partial charge in [-0.2, -0.15) is 0 Å². The Balaban J connectivity index is 1.70. The Morgan fingerprint density at radius 2 is 1.78 bits per heavy atom. The molecule has 1 saturated heterocycles. The summed E-state index contributed by atoms with van der Waals surface area (Å²) in [6.07, 6.45) is 0. The second-order valence-electron chi connectivity index (χ2n) is 5.71. The molecule has 0 unspecified atom stereocenters. The van der Waals surface area contributed by atoms with Crippen molar-refractivity contribution in [3.8, 4) is 0 Å². The molecular formula is C17H20N4O2. The second-order valence-corrected chi connectivity index (χ2v) is 5.71.